The first kappa shape index (κ1) is 19.9. The minimum absolute atomic E-state index is 0.0675. The molecule has 9 heteroatoms. The lowest BCUT2D eigenvalue weighted by Crippen LogP contribution is -2.42. The summed E-state index contributed by atoms with van der Waals surface area (Å²) in [6, 6.07) is 10.8. The van der Waals surface area contributed by atoms with E-state index in [-0.39, 0.29) is 24.6 Å². The number of hydrogen-bond acceptors (Lipinski definition) is 6. The molecular weight excluding hydrogens is 386 g/mol. The third-order valence-electron chi connectivity index (χ3n) is 5.21. The van der Waals surface area contributed by atoms with Crippen LogP contribution in [0, 0.1) is 0 Å². The first-order chi connectivity index (χ1) is 14.6. The molecule has 2 aliphatic heterocycles. The van der Waals surface area contributed by atoms with Crippen molar-refractivity contribution in [2.75, 3.05) is 44.2 Å². The maximum atomic E-state index is 12.8. The molecule has 1 aromatic heterocycles. The van der Waals surface area contributed by atoms with Crippen LogP contribution in [0.25, 0.3) is 0 Å². The summed E-state index contributed by atoms with van der Waals surface area (Å²) in [7, 11) is 0. The van der Waals surface area contributed by atoms with Crippen LogP contribution in [0.5, 0.6) is 11.6 Å². The Hall–Kier alpha value is -3.36. The molecule has 2 aromatic rings. The summed E-state index contributed by atoms with van der Waals surface area (Å²) in [6.07, 6.45) is 2.20. The molecule has 3 heterocycles. The van der Waals surface area contributed by atoms with E-state index in [9.17, 15) is 9.59 Å². The summed E-state index contributed by atoms with van der Waals surface area (Å²) in [4.78, 5) is 30.5. The maximum absolute atomic E-state index is 12.8. The summed E-state index contributed by atoms with van der Waals surface area (Å²) in [6.45, 7) is 4.76. The van der Waals surface area contributed by atoms with E-state index in [0.29, 0.717) is 38.7 Å². The predicted octanol–water partition coefficient (Wildman–Crippen LogP) is 1.80. The van der Waals surface area contributed by atoms with Gasteiger partial charge >= 0.3 is 6.03 Å². The fourth-order valence-corrected chi connectivity index (χ4v) is 3.69. The number of aromatic nitrogens is 2. The standard InChI is InChI=1S/C21H25N5O4/c1-2-29-17-7-5-16(6-8-17)26-13-12-25(21(26)28)15-20(27)24-11-9-18(14-24)30-19-4-3-10-22-23-19/h3-8,10,18H,2,9,11-15H2,1H3. The molecule has 0 bridgehead atoms. The number of carbonyl (C=O) groups is 2. The molecule has 0 aliphatic carbocycles. The van der Waals surface area contributed by atoms with Crippen LogP contribution in [0.3, 0.4) is 0 Å². The minimum Gasteiger partial charge on any atom is -0.494 e. The van der Waals surface area contributed by atoms with Crippen molar-refractivity contribution in [2.24, 2.45) is 0 Å². The molecule has 30 heavy (non-hydrogen) atoms. The van der Waals surface area contributed by atoms with Crippen molar-refractivity contribution in [3.05, 3.63) is 42.6 Å². The van der Waals surface area contributed by atoms with Gasteiger partial charge in [0.2, 0.25) is 11.8 Å². The molecule has 0 radical (unpaired) electrons. The van der Waals surface area contributed by atoms with Crippen molar-refractivity contribution >= 4 is 17.6 Å². The third kappa shape index (κ3) is 4.45. The van der Waals surface area contributed by atoms with Crippen molar-refractivity contribution in [1.82, 2.24) is 20.0 Å². The quantitative estimate of drug-likeness (QED) is 0.690. The molecule has 4 rings (SSSR count). The summed E-state index contributed by atoms with van der Waals surface area (Å²) >= 11 is 0. The van der Waals surface area contributed by atoms with Gasteiger partial charge in [-0.15, -0.1) is 5.10 Å². The molecule has 2 fully saturated rings. The number of ether oxygens (including phenoxy) is 2. The van der Waals surface area contributed by atoms with Gasteiger partial charge in [0.05, 0.1) is 13.2 Å². The highest BCUT2D eigenvalue weighted by atomic mass is 16.5. The van der Waals surface area contributed by atoms with E-state index in [2.05, 4.69) is 10.2 Å². The lowest BCUT2D eigenvalue weighted by Gasteiger charge is -2.22. The summed E-state index contributed by atoms with van der Waals surface area (Å²) < 4.78 is 11.2. The topological polar surface area (TPSA) is 88.1 Å². The largest absolute Gasteiger partial charge is 0.494 e. The first-order valence-electron chi connectivity index (χ1n) is 10.2. The van der Waals surface area contributed by atoms with Crippen LogP contribution < -0.4 is 14.4 Å². The average molecular weight is 411 g/mol. The SMILES string of the molecule is CCOc1ccc(N2CCN(CC(=O)N3CCC(Oc4cccnn4)C3)C2=O)cc1. The number of hydrogen-bond donors (Lipinski definition) is 0. The van der Waals surface area contributed by atoms with Crippen LogP contribution in [-0.4, -0.2) is 77.4 Å². The Balaban J connectivity index is 1.29. The third-order valence-corrected chi connectivity index (χ3v) is 5.21. The lowest BCUT2D eigenvalue weighted by atomic mass is 10.3. The van der Waals surface area contributed by atoms with Crippen molar-refractivity contribution in [3.8, 4) is 11.6 Å². The summed E-state index contributed by atoms with van der Waals surface area (Å²) in [5.74, 6) is 1.16. The Morgan fingerprint density at radius 2 is 2.00 bits per heavy atom. The van der Waals surface area contributed by atoms with Crippen molar-refractivity contribution in [3.63, 3.8) is 0 Å². The van der Waals surface area contributed by atoms with E-state index in [0.717, 1.165) is 17.9 Å². The van der Waals surface area contributed by atoms with Gasteiger partial charge in [-0.3, -0.25) is 9.69 Å². The molecule has 2 saturated heterocycles. The van der Waals surface area contributed by atoms with Crippen molar-refractivity contribution in [2.45, 2.75) is 19.4 Å². The predicted molar refractivity (Wildman–Crippen MR) is 110 cm³/mol. The minimum atomic E-state index is -0.154. The Kier molecular flexibility index (Phi) is 5.97. The molecule has 1 atom stereocenters. The fraction of sp³-hybridized carbons (Fsp3) is 0.429. The highest BCUT2D eigenvalue weighted by Crippen LogP contribution is 2.24. The van der Waals surface area contributed by atoms with E-state index >= 15 is 0 Å². The van der Waals surface area contributed by atoms with E-state index in [1.54, 1.807) is 33.0 Å². The van der Waals surface area contributed by atoms with Crippen LogP contribution in [0.15, 0.2) is 42.6 Å². The van der Waals surface area contributed by atoms with E-state index in [1.807, 2.05) is 31.2 Å². The van der Waals surface area contributed by atoms with Crippen molar-refractivity contribution in [1.29, 1.82) is 0 Å². The second-order valence-electron chi connectivity index (χ2n) is 7.21. The molecule has 158 valence electrons. The monoisotopic (exact) mass is 411 g/mol. The fourth-order valence-electron chi connectivity index (χ4n) is 3.69. The van der Waals surface area contributed by atoms with Crippen LogP contribution in [0.1, 0.15) is 13.3 Å². The van der Waals surface area contributed by atoms with E-state index in [4.69, 9.17) is 9.47 Å². The molecule has 3 amide bonds. The van der Waals surface area contributed by atoms with Gasteiger partial charge in [-0.2, -0.15) is 5.10 Å². The van der Waals surface area contributed by atoms with Gasteiger partial charge in [0.1, 0.15) is 18.4 Å². The van der Waals surface area contributed by atoms with E-state index < -0.39 is 0 Å². The molecular formula is C21H25N5O4. The zero-order valence-corrected chi connectivity index (χ0v) is 16.9. The second kappa shape index (κ2) is 8.98. The Labute approximate surface area is 175 Å². The lowest BCUT2D eigenvalue weighted by molar-refractivity contribution is -0.130. The summed E-state index contributed by atoms with van der Waals surface area (Å²) in [5, 5.41) is 7.71. The second-order valence-corrected chi connectivity index (χ2v) is 7.21. The number of urea groups is 1. The molecule has 2 aliphatic rings. The molecule has 0 N–H and O–H groups in total. The van der Waals surface area contributed by atoms with Crippen LogP contribution in [0.4, 0.5) is 10.5 Å². The van der Waals surface area contributed by atoms with E-state index in [1.165, 1.54) is 0 Å². The van der Waals surface area contributed by atoms with Crippen LogP contribution in [0.2, 0.25) is 0 Å². The number of rotatable bonds is 7. The Morgan fingerprint density at radius 1 is 1.17 bits per heavy atom. The number of nitrogens with zero attached hydrogens (tertiary/aromatic N) is 5. The van der Waals surface area contributed by atoms with Gasteiger partial charge in [0.25, 0.3) is 0 Å². The first-order valence-corrected chi connectivity index (χ1v) is 10.2. The van der Waals surface area contributed by atoms with Gasteiger partial charge in [0, 0.05) is 44.0 Å². The molecule has 0 spiro atoms. The highest BCUT2D eigenvalue weighted by Gasteiger charge is 2.34. The highest BCUT2D eigenvalue weighted by molar-refractivity contribution is 5.96. The smallest absolute Gasteiger partial charge is 0.325 e. The molecule has 0 saturated carbocycles. The van der Waals surface area contributed by atoms with Gasteiger partial charge in [-0.1, -0.05) is 0 Å². The number of amides is 3. The van der Waals surface area contributed by atoms with Gasteiger partial charge in [-0.25, -0.2) is 4.79 Å². The van der Waals surface area contributed by atoms with Crippen LogP contribution in [-0.2, 0) is 4.79 Å². The zero-order chi connectivity index (χ0) is 20.9. The number of anilines is 1. The van der Waals surface area contributed by atoms with Gasteiger partial charge in [-0.05, 0) is 37.3 Å². The molecule has 9 nitrogen and oxygen atoms in total. The van der Waals surface area contributed by atoms with Gasteiger partial charge in [0.15, 0.2) is 0 Å². The molecule has 1 aromatic carbocycles. The molecule has 1 unspecified atom stereocenters. The zero-order valence-electron chi connectivity index (χ0n) is 16.9. The van der Waals surface area contributed by atoms with Crippen LogP contribution >= 0.6 is 0 Å². The van der Waals surface area contributed by atoms with Crippen molar-refractivity contribution < 1.29 is 19.1 Å². The number of carbonyl (C=O) groups excluding carboxylic acids is 2. The Bertz CT molecular complexity index is 877. The van der Waals surface area contributed by atoms with Gasteiger partial charge < -0.3 is 19.3 Å². The number of benzene rings is 1. The summed E-state index contributed by atoms with van der Waals surface area (Å²) in [5.41, 5.74) is 0.803. The number of likely N-dealkylation sites (tertiary alicyclic amines) is 1. The average Bonchev–Trinajstić information content (AvgIpc) is 3.37. The normalized spacial score (nSPS) is 18.8. The Morgan fingerprint density at radius 3 is 2.73 bits per heavy atom. The maximum Gasteiger partial charge on any atom is 0.325 e.